The van der Waals surface area contributed by atoms with E-state index in [4.69, 9.17) is 4.74 Å². The molecule has 1 N–H and O–H groups in total. The summed E-state index contributed by atoms with van der Waals surface area (Å²) in [4.78, 5) is 18.0. The Morgan fingerprint density at radius 3 is 2.96 bits per heavy atom. The highest BCUT2D eigenvalue weighted by molar-refractivity contribution is 14.1. The summed E-state index contributed by atoms with van der Waals surface area (Å²) in [5.41, 5.74) is 2.34. The van der Waals surface area contributed by atoms with Gasteiger partial charge in [-0.3, -0.25) is 4.79 Å². The number of phenolic OH excluding ortho intramolecular Hbond substituents is 1. The predicted octanol–water partition coefficient (Wildman–Crippen LogP) is 3.17. The Bertz CT molecular complexity index is 1210. The Hall–Kier alpha value is -2.13. The third-order valence-electron chi connectivity index (χ3n) is 3.79. The summed E-state index contributed by atoms with van der Waals surface area (Å²) in [6, 6.07) is 11.1. The van der Waals surface area contributed by atoms with Crippen LogP contribution in [0.4, 0.5) is 0 Å². The van der Waals surface area contributed by atoms with Crippen molar-refractivity contribution in [3.8, 4) is 11.5 Å². The molecule has 2 aromatic heterocycles. The maximum atomic E-state index is 12.8. The predicted molar refractivity (Wildman–Crippen MR) is 108 cm³/mol. The van der Waals surface area contributed by atoms with E-state index in [0.717, 1.165) is 16.6 Å². The van der Waals surface area contributed by atoms with Crippen LogP contribution in [0.1, 0.15) is 12.5 Å². The fourth-order valence-electron chi connectivity index (χ4n) is 2.71. The normalized spacial score (nSPS) is 12.3. The SMILES string of the molecule is CCOc1cc(C=c2sc3nc4ccccc4n3c2=O)cc(I)c1O. The summed E-state index contributed by atoms with van der Waals surface area (Å²) >= 11 is 3.40. The smallest absolute Gasteiger partial charge is 0.274 e. The van der Waals surface area contributed by atoms with Crippen LogP contribution in [-0.4, -0.2) is 21.1 Å². The minimum atomic E-state index is -0.0882. The molecule has 0 aliphatic rings. The Kier molecular flexibility index (Phi) is 4.12. The van der Waals surface area contributed by atoms with Crippen LogP contribution >= 0.6 is 33.9 Å². The van der Waals surface area contributed by atoms with Crippen LogP contribution in [-0.2, 0) is 0 Å². The van der Waals surface area contributed by atoms with Gasteiger partial charge in [0.05, 0.1) is 25.7 Å². The second kappa shape index (κ2) is 6.30. The van der Waals surface area contributed by atoms with Crippen LogP contribution in [0.25, 0.3) is 22.1 Å². The molecule has 126 valence electrons. The minimum absolute atomic E-state index is 0.0882. The molecule has 0 saturated carbocycles. The average Bonchev–Trinajstić information content (AvgIpc) is 3.09. The van der Waals surface area contributed by atoms with E-state index in [1.165, 1.54) is 11.3 Å². The first-order valence-corrected chi connectivity index (χ1v) is 9.55. The maximum absolute atomic E-state index is 12.8. The first-order chi connectivity index (χ1) is 12.1. The molecule has 0 radical (unpaired) electrons. The summed E-state index contributed by atoms with van der Waals surface area (Å²) < 4.78 is 8.37. The summed E-state index contributed by atoms with van der Waals surface area (Å²) in [6.45, 7) is 2.32. The largest absolute Gasteiger partial charge is 0.504 e. The number of aromatic nitrogens is 2. The Labute approximate surface area is 160 Å². The van der Waals surface area contributed by atoms with Crippen molar-refractivity contribution in [2.24, 2.45) is 0 Å². The van der Waals surface area contributed by atoms with Crippen LogP contribution in [0.2, 0.25) is 0 Å². The van der Waals surface area contributed by atoms with E-state index in [9.17, 15) is 9.90 Å². The van der Waals surface area contributed by atoms with Gasteiger partial charge in [-0.2, -0.15) is 0 Å². The molecule has 0 aliphatic heterocycles. The minimum Gasteiger partial charge on any atom is -0.504 e. The molecule has 0 saturated heterocycles. The Balaban J connectivity index is 1.93. The highest BCUT2D eigenvalue weighted by atomic mass is 127. The van der Waals surface area contributed by atoms with E-state index in [2.05, 4.69) is 4.98 Å². The van der Waals surface area contributed by atoms with Crippen molar-refractivity contribution in [2.75, 3.05) is 6.61 Å². The van der Waals surface area contributed by atoms with Gasteiger partial charge in [-0.1, -0.05) is 23.5 Å². The number of hydrogen-bond donors (Lipinski definition) is 1. The van der Waals surface area contributed by atoms with Gasteiger partial charge in [0.15, 0.2) is 16.5 Å². The number of hydrogen-bond acceptors (Lipinski definition) is 5. The van der Waals surface area contributed by atoms with E-state index in [0.29, 0.717) is 25.4 Å². The van der Waals surface area contributed by atoms with E-state index < -0.39 is 0 Å². The van der Waals surface area contributed by atoms with E-state index >= 15 is 0 Å². The molecule has 4 aromatic rings. The fraction of sp³-hybridized carbons (Fsp3) is 0.111. The number of imidazole rings is 1. The van der Waals surface area contributed by atoms with Crippen molar-refractivity contribution >= 4 is 56.0 Å². The quantitative estimate of drug-likeness (QED) is 0.474. The van der Waals surface area contributed by atoms with Gasteiger partial charge in [0.1, 0.15) is 0 Å². The number of nitrogens with zero attached hydrogens (tertiary/aromatic N) is 2. The van der Waals surface area contributed by atoms with Crippen LogP contribution in [0, 0.1) is 3.57 Å². The van der Waals surface area contributed by atoms with Gasteiger partial charge in [0, 0.05) is 0 Å². The molecule has 7 heteroatoms. The monoisotopic (exact) mass is 464 g/mol. The molecule has 0 unspecified atom stereocenters. The standard InChI is InChI=1S/C18H13IN2O3S/c1-2-24-14-8-10(7-11(19)16(14)22)9-15-17(23)21-13-6-4-3-5-12(13)20-18(21)25-15/h3-9,22H,2H2,1H3. The summed E-state index contributed by atoms with van der Waals surface area (Å²) in [5.74, 6) is 0.536. The zero-order valence-corrected chi connectivity index (χ0v) is 16.2. The summed E-state index contributed by atoms with van der Waals surface area (Å²) in [7, 11) is 0. The number of benzene rings is 2. The van der Waals surface area contributed by atoms with E-state index in [1.807, 2.05) is 59.8 Å². The van der Waals surface area contributed by atoms with Crippen molar-refractivity contribution in [3.63, 3.8) is 0 Å². The Morgan fingerprint density at radius 1 is 1.36 bits per heavy atom. The number of halogens is 1. The third-order valence-corrected chi connectivity index (χ3v) is 5.58. The van der Waals surface area contributed by atoms with Crippen LogP contribution in [0.5, 0.6) is 11.5 Å². The van der Waals surface area contributed by atoms with Gasteiger partial charge in [0.2, 0.25) is 0 Å². The fourth-order valence-corrected chi connectivity index (χ4v) is 4.32. The lowest BCUT2D eigenvalue weighted by molar-refractivity contribution is 0.317. The molecule has 0 amide bonds. The lowest BCUT2D eigenvalue weighted by atomic mass is 10.2. The second-order valence-corrected chi connectivity index (χ2v) is 7.59. The number of rotatable bonds is 3. The maximum Gasteiger partial charge on any atom is 0.274 e. The Morgan fingerprint density at radius 2 is 2.16 bits per heavy atom. The van der Waals surface area contributed by atoms with Crippen molar-refractivity contribution < 1.29 is 9.84 Å². The van der Waals surface area contributed by atoms with E-state index in [-0.39, 0.29) is 11.3 Å². The first-order valence-electron chi connectivity index (χ1n) is 7.65. The number of ether oxygens (including phenoxy) is 1. The number of thiazole rings is 1. The van der Waals surface area contributed by atoms with Crippen LogP contribution in [0.15, 0.2) is 41.2 Å². The third kappa shape index (κ3) is 2.77. The number of phenols is 1. The van der Waals surface area contributed by atoms with Gasteiger partial charge in [0.25, 0.3) is 5.56 Å². The number of fused-ring (bicyclic) bond motifs is 3. The van der Waals surface area contributed by atoms with E-state index in [1.54, 1.807) is 16.5 Å². The molecular weight excluding hydrogens is 451 g/mol. The van der Waals surface area contributed by atoms with Crippen LogP contribution in [0.3, 0.4) is 0 Å². The average molecular weight is 464 g/mol. The zero-order chi connectivity index (χ0) is 17.6. The van der Waals surface area contributed by atoms with Crippen molar-refractivity contribution in [1.82, 2.24) is 9.38 Å². The topological polar surface area (TPSA) is 63.8 Å². The van der Waals surface area contributed by atoms with Gasteiger partial charge in [-0.15, -0.1) is 0 Å². The first kappa shape index (κ1) is 16.3. The molecule has 2 aromatic carbocycles. The highest BCUT2D eigenvalue weighted by Gasteiger charge is 2.12. The molecule has 5 nitrogen and oxygen atoms in total. The van der Waals surface area contributed by atoms with Gasteiger partial charge in [-0.05, 0) is 65.4 Å². The molecule has 0 spiro atoms. The lowest BCUT2D eigenvalue weighted by Gasteiger charge is -2.08. The van der Waals surface area contributed by atoms with Gasteiger partial charge >= 0.3 is 0 Å². The molecule has 25 heavy (non-hydrogen) atoms. The highest BCUT2D eigenvalue weighted by Crippen LogP contribution is 2.33. The molecular formula is C18H13IN2O3S. The summed E-state index contributed by atoms with van der Waals surface area (Å²) in [5, 5.41) is 10.1. The van der Waals surface area contributed by atoms with Gasteiger partial charge in [-0.25, -0.2) is 9.38 Å². The van der Waals surface area contributed by atoms with Crippen LogP contribution < -0.4 is 14.8 Å². The number of aromatic hydroxyl groups is 1. The molecule has 0 fully saturated rings. The van der Waals surface area contributed by atoms with Crippen molar-refractivity contribution in [1.29, 1.82) is 0 Å². The molecule has 4 rings (SSSR count). The number of para-hydroxylation sites is 2. The molecule has 0 aliphatic carbocycles. The molecule has 0 atom stereocenters. The van der Waals surface area contributed by atoms with Gasteiger partial charge < -0.3 is 9.84 Å². The molecule has 2 heterocycles. The molecule has 0 bridgehead atoms. The van der Waals surface area contributed by atoms with Crippen molar-refractivity contribution in [2.45, 2.75) is 6.92 Å². The second-order valence-electron chi connectivity index (χ2n) is 5.42. The lowest BCUT2D eigenvalue weighted by Crippen LogP contribution is -2.22. The van der Waals surface area contributed by atoms with Crippen molar-refractivity contribution in [3.05, 3.63) is 60.4 Å². The summed E-state index contributed by atoms with van der Waals surface area (Å²) in [6.07, 6.45) is 1.81. The zero-order valence-electron chi connectivity index (χ0n) is 13.2.